The normalized spacial score (nSPS) is 28.5. The van der Waals surface area contributed by atoms with Crippen molar-refractivity contribution in [3.63, 3.8) is 0 Å². The molecule has 0 aromatic carbocycles. The third-order valence-corrected chi connectivity index (χ3v) is 7.89. The fraction of sp³-hybridized carbons (Fsp3) is 0.706. The van der Waals surface area contributed by atoms with Crippen molar-refractivity contribution in [2.45, 2.75) is 76.0 Å². The number of halogens is 1. The summed E-state index contributed by atoms with van der Waals surface area (Å²) in [6.07, 6.45) is -3.48. The first-order valence-electron chi connectivity index (χ1n) is 9.62. The molecule has 2 aromatic rings. The largest absolute Gasteiger partial charge is 0.388 e. The van der Waals surface area contributed by atoms with Crippen LogP contribution in [0.15, 0.2) is 6.33 Å². The van der Waals surface area contributed by atoms with Gasteiger partial charge in [-0.1, -0.05) is 18.5 Å². The predicted molar refractivity (Wildman–Crippen MR) is 111 cm³/mol. The molecule has 174 valence electrons. The van der Waals surface area contributed by atoms with E-state index in [2.05, 4.69) is 15.0 Å². The molecule has 14 heteroatoms. The predicted octanol–water partition coefficient (Wildman–Crippen LogP) is 1.17. The highest BCUT2D eigenvalue weighted by Gasteiger charge is 2.50. The number of nitrogens with zero attached hydrogens (tertiary/aromatic N) is 4. The molecule has 3 heterocycles. The zero-order valence-corrected chi connectivity index (χ0v) is 19.2. The highest BCUT2D eigenvalue weighted by Crippen LogP contribution is 2.58. The van der Waals surface area contributed by atoms with Crippen LogP contribution in [-0.4, -0.2) is 69.0 Å². The average molecular weight is 480 g/mol. The molecule has 2 aromatic heterocycles. The third kappa shape index (κ3) is 4.57. The monoisotopic (exact) mass is 479 g/mol. The van der Waals surface area contributed by atoms with Gasteiger partial charge in [0, 0.05) is 6.42 Å². The summed E-state index contributed by atoms with van der Waals surface area (Å²) in [5.41, 5.74) is 4.82. The Kier molecular flexibility index (Phi) is 6.42. The molecule has 0 spiro atoms. The van der Waals surface area contributed by atoms with Crippen molar-refractivity contribution >= 4 is 36.3 Å². The van der Waals surface area contributed by atoms with Crippen molar-refractivity contribution in [1.82, 2.24) is 19.5 Å². The van der Waals surface area contributed by atoms with Gasteiger partial charge in [-0.05, 0) is 27.2 Å². The van der Waals surface area contributed by atoms with Gasteiger partial charge in [-0.15, -0.1) is 0 Å². The van der Waals surface area contributed by atoms with Crippen LogP contribution in [0.1, 0.15) is 46.8 Å². The van der Waals surface area contributed by atoms with E-state index in [1.807, 2.05) is 0 Å². The summed E-state index contributed by atoms with van der Waals surface area (Å²) < 4.78 is 25.1. The number of hydrogen-bond acceptors (Lipinski definition) is 10. The van der Waals surface area contributed by atoms with Crippen molar-refractivity contribution in [3.05, 3.63) is 11.5 Å². The zero-order chi connectivity index (χ0) is 23.4. The molecule has 0 aliphatic carbocycles. The van der Waals surface area contributed by atoms with E-state index in [4.69, 9.17) is 26.6 Å². The maximum atomic E-state index is 12.5. The van der Waals surface area contributed by atoms with Gasteiger partial charge in [-0.2, -0.15) is 9.97 Å². The molecule has 6 unspecified atom stereocenters. The minimum absolute atomic E-state index is 0.00144. The lowest BCUT2D eigenvalue weighted by Crippen LogP contribution is -2.38. The maximum absolute atomic E-state index is 12.5. The van der Waals surface area contributed by atoms with Crippen molar-refractivity contribution in [3.8, 4) is 0 Å². The second-order valence-electron chi connectivity index (χ2n) is 8.39. The molecule has 0 bridgehead atoms. The Morgan fingerprint density at radius 3 is 2.58 bits per heavy atom. The number of anilines is 1. The fourth-order valence-corrected chi connectivity index (χ4v) is 4.93. The number of fused-ring (bicyclic) bond motifs is 1. The van der Waals surface area contributed by atoms with Crippen molar-refractivity contribution < 1.29 is 34.0 Å². The lowest BCUT2D eigenvalue weighted by Gasteiger charge is -2.35. The number of aliphatic hydroxyl groups excluding tert-OH is 2. The van der Waals surface area contributed by atoms with Crippen LogP contribution in [0.2, 0.25) is 5.15 Å². The van der Waals surface area contributed by atoms with E-state index in [9.17, 15) is 24.8 Å². The Morgan fingerprint density at radius 2 is 1.97 bits per heavy atom. The molecule has 31 heavy (non-hydrogen) atoms. The van der Waals surface area contributed by atoms with E-state index in [1.54, 1.807) is 6.92 Å². The Labute approximate surface area is 183 Å². The molecule has 12 nitrogen and oxygen atoms in total. The Bertz CT molecular complexity index is 1020. The number of nitrogens with two attached hydrogens (primary N) is 1. The van der Waals surface area contributed by atoms with Crippen LogP contribution >= 0.6 is 19.2 Å². The number of imidazole rings is 1. The van der Waals surface area contributed by atoms with Crippen LogP contribution in [0.5, 0.6) is 0 Å². The Hall–Kier alpha value is -1.37. The molecule has 1 aliphatic heterocycles. The number of rotatable bonds is 7. The summed E-state index contributed by atoms with van der Waals surface area (Å²) >= 11 is 6.03. The molecule has 1 aliphatic rings. The zero-order valence-electron chi connectivity index (χ0n) is 17.5. The third-order valence-electron chi connectivity index (χ3n) is 5.35. The summed E-state index contributed by atoms with van der Waals surface area (Å²) in [7, 11) is -4.42. The van der Waals surface area contributed by atoms with Gasteiger partial charge in [-0.3, -0.25) is 9.13 Å². The van der Waals surface area contributed by atoms with Gasteiger partial charge in [-0.25, -0.2) is 4.98 Å². The number of aliphatic hydroxyl groups is 3. The highest BCUT2D eigenvalue weighted by molar-refractivity contribution is 7.54. The van der Waals surface area contributed by atoms with E-state index >= 15 is 0 Å². The Morgan fingerprint density at radius 1 is 1.32 bits per heavy atom. The molecule has 1 saturated heterocycles. The summed E-state index contributed by atoms with van der Waals surface area (Å²) in [4.78, 5) is 22.2. The van der Waals surface area contributed by atoms with Crippen molar-refractivity contribution in [2.75, 3.05) is 5.73 Å². The van der Waals surface area contributed by atoms with E-state index in [0.717, 1.165) is 0 Å². The first-order valence-corrected chi connectivity index (χ1v) is 11.6. The highest BCUT2D eigenvalue weighted by atomic mass is 35.5. The van der Waals surface area contributed by atoms with Crippen LogP contribution in [0, 0.1) is 0 Å². The SMILES string of the molecule is CCC(C)(O)P(=O)(O)OC(C)(C)CC1OC(n2cnc3c(Cl)nc(N)nc32)C(O)C1O. The van der Waals surface area contributed by atoms with Gasteiger partial charge in [0.15, 0.2) is 22.4 Å². The topological polar surface area (TPSA) is 186 Å². The molecule has 0 amide bonds. The van der Waals surface area contributed by atoms with Gasteiger partial charge in [0.2, 0.25) is 5.95 Å². The Balaban J connectivity index is 1.82. The molecule has 6 N–H and O–H groups in total. The maximum Gasteiger partial charge on any atom is 0.359 e. The number of ether oxygens (including phenoxy) is 1. The second kappa shape index (κ2) is 8.20. The smallest absolute Gasteiger partial charge is 0.359 e. The van der Waals surface area contributed by atoms with E-state index < -0.39 is 43.1 Å². The van der Waals surface area contributed by atoms with Gasteiger partial charge < -0.3 is 35.2 Å². The van der Waals surface area contributed by atoms with Crippen LogP contribution < -0.4 is 5.73 Å². The van der Waals surface area contributed by atoms with Crippen LogP contribution in [0.3, 0.4) is 0 Å². The van der Waals surface area contributed by atoms with E-state index in [0.29, 0.717) is 0 Å². The van der Waals surface area contributed by atoms with E-state index in [-0.39, 0.29) is 35.1 Å². The first kappa shape index (κ1) is 24.3. The van der Waals surface area contributed by atoms with Crippen LogP contribution in [0.4, 0.5) is 5.95 Å². The molecule has 0 saturated carbocycles. The van der Waals surface area contributed by atoms with Gasteiger partial charge in [0.25, 0.3) is 0 Å². The fourth-order valence-electron chi connectivity index (χ4n) is 3.37. The summed E-state index contributed by atoms with van der Waals surface area (Å²) in [5, 5.41) is 29.4. The number of hydrogen-bond donors (Lipinski definition) is 5. The average Bonchev–Trinajstić information content (AvgIpc) is 3.16. The number of aromatic nitrogens is 4. The quantitative estimate of drug-likeness (QED) is 0.283. The summed E-state index contributed by atoms with van der Waals surface area (Å²) in [5.74, 6) is -0.0972. The van der Waals surface area contributed by atoms with Gasteiger partial charge in [0.1, 0.15) is 17.7 Å². The lowest BCUT2D eigenvalue weighted by atomic mass is 9.97. The minimum Gasteiger partial charge on any atom is -0.388 e. The molecule has 1 fully saturated rings. The molecule has 6 atom stereocenters. The molecule has 3 rings (SSSR count). The minimum atomic E-state index is -4.42. The van der Waals surface area contributed by atoms with Crippen molar-refractivity contribution in [1.29, 1.82) is 0 Å². The molecular formula is C17H27ClN5O7P. The second-order valence-corrected chi connectivity index (χ2v) is 10.9. The van der Waals surface area contributed by atoms with E-state index in [1.165, 1.54) is 31.7 Å². The number of nitrogen functional groups attached to an aromatic ring is 1. The standard InChI is InChI=1S/C17H27ClN5O7P/c1-5-17(4,26)31(27,28)30-16(2,3)6-8-10(24)11(25)14(29-8)23-7-20-9-12(18)21-15(19)22-13(9)23/h7-8,10-11,14,24-26H,5-6H2,1-4H3,(H,27,28)(H2,19,21,22). The first-order chi connectivity index (χ1) is 14.2. The van der Waals surface area contributed by atoms with Gasteiger partial charge in [0.05, 0.1) is 18.0 Å². The van der Waals surface area contributed by atoms with Crippen LogP contribution in [-0.2, 0) is 13.8 Å². The lowest BCUT2D eigenvalue weighted by molar-refractivity contribution is -0.0636. The van der Waals surface area contributed by atoms with Crippen molar-refractivity contribution in [2.24, 2.45) is 0 Å². The van der Waals surface area contributed by atoms with Crippen LogP contribution in [0.25, 0.3) is 11.2 Å². The molecular weight excluding hydrogens is 453 g/mol. The molecule has 0 radical (unpaired) electrons. The van der Waals surface area contributed by atoms with Gasteiger partial charge >= 0.3 is 7.60 Å². The summed E-state index contributed by atoms with van der Waals surface area (Å²) in [6.45, 7) is 5.82. The summed E-state index contributed by atoms with van der Waals surface area (Å²) in [6, 6.07) is 0.